The molecule has 3 atom stereocenters. The molecule has 152 valence electrons. The number of carbonyl (C=O) groups is 3. The van der Waals surface area contributed by atoms with Crippen LogP contribution in [0.1, 0.15) is 25.8 Å². The van der Waals surface area contributed by atoms with Gasteiger partial charge in [-0.1, -0.05) is 42.5 Å². The van der Waals surface area contributed by atoms with E-state index < -0.39 is 30.0 Å². The van der Waals surface area contributed by atoms with Crippen LogP contribution in [0.2, 0.25) is 0 Å². The van der Waals surface area contributed by atoms with Gasteiger partial charge in [0, 0.05) is 18.4 Å². The number of carbonyl (C=O) groups excluding carboxylic acids is 3. The molecule has 0 N–H and O–H groups in total. The van der Waals surface area contributed by atoms with Crippen molar-refractivity contribution >= 4 is 18.0 Å². The summed E-state index contributed by atoms with van der Waals surface area (Å²) in [5.41, 5.74) is 1.62. The number of benzene rings is 1. The fourth-order valence-electron chi connectivity index (χ4n) is 3.48. The smallest absolute Gasteiger partial charge is 0.410 e. The van der Waals surface area contributed by atoms with Crippen LogP contribution >= 0.6 is 0 Å². The molecule has 1 saturated heterocycles. The minimum absolute atomic E-state index is 0.0139. The van der Waals surface area contributed by atoms with Crippen LogP contribution in [0.3, 0.4) is 0 Å². The molecule has 1 heterocycles. The molecule has 1 aromatic rings. The second-order valence-electron chi connectivity index (χ2n) is 6.79. The molecule has 28 heavy (non-hydrogen) atoms. The molecule has 0 aromatic heterocycles. The summed E-state index contributed by atoms with van der Waals surface area (Å²) in [6.45, 7) is 7.96. The van der Waals surface area contributed by atoms with Gasteiger partial charge in [0.05, 0.1) is 20.1 Å². The fourth-order valence-corrected chi connectivity index (χ4v) is 3.48. The maximum absolute atomic E-state index is 12.8. The number of hydrogen-bond acceptors (Lipinski definition) is 6. The summed E-state index contributed by atoms with van der Waals surface area (Å²) in [6, 6.07) is 8.34. The zero-order chi connectivity index (χ0) is 20.7. The third-order valence-corrected chi connectivity index (χ3v) is 4.88. The van der Waals surface area contributed by atoms with Crippen molar-refractivity contribution in [1.29, 1.82) is 0 Å². The Morgan fingerprint density at radius 1 is 1.18 bits per heavy atom. The van der Waals surface area contributed by atoms with Gasteiger partial charge in [0.15, 0.2) is 0 Å². The Bertz CT molecular complexity index is 717. The summed E-state index contributed by atoms with van der Waals surface area (Å²) in [4.78, 5) is 38.6. The molecule has 1 aliphatic rings. The molecule has 0 spiro atoms. The van der Waals surface area contributed by atoms with Crippen LogP contribution in [0.5, 0.6) is 0 Å². The third kappa shape index (κ3) is 5.12. The van der Waals surface area contributed by atoms with Gasteiger partial charge < -0.3 is 14.2 Å². The molecule has 2 rings (SSSR count). The van der Waals surface area contributed by atoms with E-state index in [2.05, 4.69) is 6.58 Å². The number of ether oxygens (including phenoxy) is 3. The van der Waals surface area contributed by atoms with E-state index in [-0.39, 0.29) is 32.1 Å². The van der Waals surface area contributed by atoms with Gasteiger partial charge in [-0.2, -0.15) is 0 Å². The molecule has 0 bridgehead atoms. The maximum Gasteiger partial charge on any atom is 0.410 e. The standard InChI is InChI=1S/C21H27NO6/c1-5-27-20(24)19-16(11-18(23)26-4)17(14(2)3)12-22(19)21(25)28-13-15-9-7-6-8-10-15/h6-10,16-17,19H,2,5,11-13H2,1,3-4H3/t16-,17+,19-/m0/s1. The van der Waals surface area contributed by atoms with E-state index in [0.717, 1.165) is 11.1 Å². The van der Waals surface area contributed by atoms with Crippen LogP contribution in [0, 0.1) is 11.8 Å². The van der Waals surface area contributed by atoms with Crippen LogP contribution in [0.4, 0.5) is 4.79 Å². The summed E-state index contributed by atoms with van der Waals surface area (Å²) in [5.74, 6) is -1.73. The average molecular weight is 389 g/mol. The van der Waals surface area contributed by atoms with Gasteiger partial charge in [0.2, 0.25) is 0 Å². The highest BCUT2D eigenvalue weighted by molar-refractivity contribution is 5.84. The summed E-state index contributed by atoms with van der Waals surface area (Å²) >= 11 is 0. The molecular formula is C21H27NO6. The summed E-state index contributed by atoms with van der Waals surface area (Å²) in [6.07, 6.45) is -0.638. The van der Waals surface area contributed by atoms with Gasteiger partial charge >= 0.3 is 18.0 Å². The van der Waals surface area contributed by atoms with Crippen LogP contribution < -0.4 is 0 Å². The first-order valence-electron chi connectivity index (χ1n) is 9.25. The van der Waals surface area contributed by atoms with Gasteiger partial charge in [0.1, 0.15) is 12.6 Å². The number of nitrogens with zero attached hydrogens (tertiary/aromatic N) is 1. The Kier molecular flexibility index (Phi) is 7.61. The van der Waals surface area contributed by atoms with Crippen LogP contribution in [0.25, 0.3) is 0 Å². The van der Waals surface area contributed by atoms with E-state index in [1.807, 2.05) is 37.3 Å². The minimum Gasteiger partial charge on any atom is -0.469 e. The Labute approximate surface area is 165 Å². The molecule has 0 unspecified atom stereocenters. The first-order chi connectivity index (χ1) is 13.4. The van der Waals surface area contributed by atoms with Crippen molar-refractivity contribution in [2.75, 3.05) is 20.3 Å². The quantitative estimate of drug-likeness (QED) is 0.405. The van der Waals surface area contributed by atoms with E-state index in [9.17, 15) is 14.4 Å². The first-order valence-corrected chi connectivity index (χ1v) is 9.25. The van der Waals surface area contributed by atoms with E-state index in [1.54, 1.807) is 6.92 Å². The molecule has 0 saturated carbocycles. The lowest BCUT2D eigenvalue weighted by atomic mass is 9.84. The summed E-state index contributed by atoms with van der Waals surface area (Å²) < 4.78 is 15.4. The second kappa shape index (κ2) is 9.92. The number of amides is 1. The van der Waals surface area contributed by atoms with Crippen molar-refractivity contribution in [2.45, 2.75) is 32.9 Å². The van der Waals surface area contributed by atoms with E-state index in [4.69, 9.17) is 14.2 Å². The van der Waals surface area contributed by atoms with Crippen molar-refractivity contribution in [2.24, 2.45) is 11.8 Å². The van der Waals surface area contributed by atoms with E-state index in [0.29, 0.717) is 0 Å². The first kappa shape index (κ1) is 21.5. The van der Waals surface area contributed by atoms with Crippen LogP contribution in [-0.4, -0.2) is 49.2 Å². The highest BCUT2D eigenvalue weighted by atomic mass is 16.6. The van der Waals surface area contributed by atoms with Crippen LogP contribution in [0.15, 0.2) is 42.5 Å². The highest BCUT2D eigenvalue weighted by Crippen LogP contribution is 2.37. The number of likely N-dealkylation sites (tertiary alicyclic amines) is 1. The zero-order valence-corrected chi connectivity index (χ0v) is 16.6. The molecular weight excluding hydrogens is 362 g/mol. The molecule has 1 fully saturated rings. The van der Waals surface area contributed by atoms with Gasteiger partial charge in [-0.15, -0.1) is 0 Å². The Hall–Kier alpha value is -2.83. The molecule has 0 aliphatic carbocycles. The number of rotatable bonds is 7. The molecule has 0 radical (unpaired) electrons. The van der Waals surface area contributed by atoms with E-state index in [1.165, 1.54) is 12.0 Å². The predicted molar refractivity (Wildman–Crippen MR) is 102 cm³/mol. The van der Waals surface area contributed by atoms with Crippen molar-refractivity contribution in [3.05, 3.63) is 48.0 Å². The van der Waals surface area contributed by atoms with Gasteiger partial charge in [0.25, 0.3) is 0 Å². The number of esters is 2. The Morgan fingerprint density at radius 2 is 1.86 bits per heavy atom. The van der Waals surface area contributed by atoms with Crippen molar-refractivity contribution in [1.82, 2.24) is 4.90 Å². The lowest BCUT2D eigenvalue weighted by molar-refractivity contribution is -0.150. The fraction of sp³-hybridized carbons (Fsp3) is 0.476. The summed E-state index contributed by atoms with van der Waals surface area (Å²) in [5, 5.41) is 0. The van der Waals surface area contributed by atoms with Gasteiger partial charge in [-0.25, -0.2) is 9.59 Å². The molecule has 1 aliphatic heterocycles. The van der Waals surface area contributed by atoms with E-state index >= 15 is 0 Å². The Morgan fingerprint density at radius 3 is 2.43 bits per heavy atom. The minimum atomic E-state index is -0.927. The Balaban J connectivity index is 2.23. The van der Waals surface area contributed by atoms with Gasteiger partial charge in [-0.05, 0) is 19.4 Å². The molecule has 1 amide bonds. The molecule has 7 heteroatoms. The lowest BCUT2D eigenvalue weighted by Crippen LogP contribution is -2.45. The van der Waals surface area contributed by atoms with Gasteiger partial charge in [-0.3, -0.25) is 9.69 Å². The highest BCUT2D eigenvalue weighted by Gasteiger charge is 2.50. The van der Waals surface area contributed by atoms with Crippen LogP contribution in [-0.2, 0) is 30.4 Å². The second-order valence-corrected chi connectivity index (χ2v) is 6.79. The monoisotopic (exact) mass is 389 g/mol. The molecule has 1 aromatic carbocycles. The normalized spacial score (nSPS) is 21.1. The SMILES string of the molecule is C=C(C)[C@H]1CN(C(=O)OCc2ccccc2)[C@H](C(=O)OCC)[C@H]1CC(=O)OC. The van der Waals surface area contributed by atoms with Crippen molar-refractivity contribution in [3.63, 3.8) is 0 Å². The zero-order valence-electron chi connectivity index (χ0n) is 16.6. The van der Waals surface area contributed by atoms with Crippen molar-refractivity contribution < 1.29 is 28.6 Å². The largest absolute Gasteiger partial charge is 0.469 e. The lowest BCUT2D eigenvalue weighted by Gasteiger charge is -2.26. The number of hydrogen-bond donors (Lipinski definition) is 0. The third-order valence-electron chi connectivity index (χ3n) is 4.88. The van der Waals surface area contributed by atoms with Crippen molar-refractivity contribution in [3.8, 4) is 0 Å². The molecule has 7 nitrogen and oxygen atoms in total. The summed E-state index contributed by atoms with van der Waals surface area (Å²) in [7, 11) is 1.29. The topological polar surface area (TPSA) is 82.1 Å². The predicted octanol–water partition coefficient (Wildman–Crippen LogP) is 2.94. The average Bonchev–Trinajstić information content (AvgIpc) is 3.06. The maximum atomic E-state index is 12.8. The number of methoxy groups -OCH3 is 1.